The van der Waals surface area contributed by atoms with Crippen LogP contribution in [0.1, 0.15) is 16.7 Å². The monoisotopic (exact) mass is 663 g/mol. The smallest absolute Gasteiger partial charge is 0.335 e. The molecule has 5 heteroatoms. The fourth-order valence-corrected chi connectivity index (χ4v) is 6.05. The fourth-order valence-electron chi connectivity index (χ4n) is 6.05. The highest BCUT2D eigenvalue weighted by atomic mass is 16.5. The Morgan fingerprint density at radius 3 is 1.33 bits per heavy atom. The van der Waals surface area contributed by atoms with Crippen molar-refractivity contribution in [3.05, 3.63) is 200 Å². The second-order valence-corrected chi connectivity index (χ2v) is 11.9. The van der Waals surface area contributed by atoms with E-state index in [1.54, 1.807) is 12.1 Å². The fraction of sp³-hybridized carbons (Fsp3) is 0. The van der Waals surface area contributed by atoms with Crippen LogP contribution in [0.4, 0.5) is 17.1 Å². The van der Waals surface area contributed by atoms with Gasteiger partial charge in [0.05, 0.1) is 0 Å². The molecular weight excluding hydrogens is 631 g/mol. The van der Waals surface area contributed by atoms with Crippen LogP contribution >= 0.6 is 0 Å². The molecule has 0 saturated carbocycles. The van der Waals surface area contributed by atoms with Gasteiger partial charge in [-0.3, -0.25) is 0 Å². The summed E-state index contributed by atoms with van der Waals surface area (Å²) in [7, 11) is 0. The Labute approximate surface area is 296 Å². The maximum Gasteiger partial charge on any atom is 0.335 e. The lowest BCUT2D eigenvalue weighted by atomic mass is 9.95. The standard InChI is InChI=1S/C46H33NO4/c1-3-45(48)50-42-25-19-35-28-40(23-17-37(35)30-42)47(41-24-18-38-31-43(51-46(49)4-2)26-20-36(38)29-41)39-21-15-32(16-22-39)27-44(33-11-7-5-8-12-33)34-13-9-6-10-14-34/h3-31H,1-2H2. The number of carbonyl (C=O) groups is 2. The molecule has 0 aliphatic carbocycles. The van der Waals surface area contributed by atoms with Crippen molar-refractivity contribution < 1.29 is 19.1 Å². The van der Waals surface area contributed by atoms with Crippen LogP contribution in [0.25, 0.3) is 33.2 Å². The Balaban J connectivity index is 1.30. The second-order valence-electron chi connectivity index (χ2n) is 11.9. The average Bonchev–Trinajstić information content (AvgIpc) is 3.18. The zero-order valence-corrected chi connectivity index (χ0v) is 27.7. The summed E-state index contributed by atoms with van der Waals surface area (Å²) < 4.78 is 10.7. The van der Waals surface area contributed by atoms with E-state index in [4.69, 9.17) is 9.47 Å². The van der Waals surface area contributed by atoms with Gasteiger partial charge in [0.1, 0.15) is 11.5 Å². The lowest BCUT2D eigenvalue weighted by Gasteiger charge is -2.26. The minimum absolute atomic E-state index is 0.457. The molecule has 0 heterocycles. The van der Waals surface area contributed by atoms with E-state index >= 15 is 0 Å². The molecule has 0 unspecified atom stereocenters. The van der Waals surface area contributed by atoms with Crippen LogP contribution in [0.2, 0.25) is 0 Å². The molecule has 0 fully saturated rings. The molecule has 246 valence electrons. The molecule has 7 aromatic carbocycles. The van der Waals surface area contributed by atoms with Crippen molar-refractivity contribution in [3.63, 3.8) is 0 Å². The molecule has 0 radical (unpaired) electrons. The summed E-state index contributed by atoms with van der Waals surface area (Å²) in [6.45, 7) is 6.97. The van der Waals surface area contributed by atoms with Crippen LogP contribution in [0.3, 0.4) is 0 Å². The second kappa shape index (κ2) is 14.6. The van der Waals surface area contributed by atoms with E-state index in [0.717, 1.165) is 73.0 Å². The Kier molecular flexibility index (Phi) is 9.35. The van der Waals surface area contributed by atoms with Gasteiger partial charge in [0.2, 0.25) is 0 Å². The van der Waals surface area contributed by atoms with E-state index in [2.05, 4.69) is 121 Å². The van der Waals surface area contributed by atoms with Gasteiger partial charge in [0.25, 0.3) is 0 Å². The summed E-state index contributed by atoms with van der Waals surface area (Å²) >= 11 is 0. The highest BCUT2D eigenvalue weighted by Crippen LogP contribution is 2.39. The molecule has 0 atom stereocenters. The van der Waals surface area contributed by atoms with Crippen molar-refractivity contribution in [1.82, 2.24) is 0 Å². The summed E-state index contributed by atoms with van der Waals surface area (Å²) in [5.41, 5.74) is 7.37. The van der Waals surface area contributed by atoms with Crippen molar-refractivity contribution >= 4 is 62.2 Å². The van der Waals surface area contributed by atoms with Gasteiger partial charge in [-0.15, -0.1) is 0 Å². The van der Waals surface area contributed by atoms with E-state index in [0.29, 0.717) is 11.5 Å². The minimum atomic E-state index is -0.502. The van der Waals surface area contributed by atoms with E-state index in [-0.39, 0.29) is 0 Å². The lowest BCUT2D eigenvalue weighted by molar-refractivity contribution is -0.129. The van der Waals surface area contributed by atoms with Gasteiger partial charge in [-0.05, 0) is 111 Å². The lowest BCUT2D eigenvalue weighted by Crippen LogP contribution is -2.10. The molecule has 0 aliphatic rings. The van der Waals surface area contributed by atoms with Crippen LogP contribution < -0.4 is 14.4 Å². The summed E-state index contributed by atoms with van der Waals surface area (Å²) in [4.78, 5) is 25.8. The maximum absolute atomic E-state index is 11.8. The summed E-state index contributed by atoms with van der Waals surface area (Å²) in [6.07, 6.45) is 4.52. The first-order valence-corrected chi connectivity index (χ1v) is 16.5. The van der Waals surface area contributed by atoms with Gasteiger partial charge >= 0.3 is 11.9 Å². The average molecular weight is 664 g/mol. The molecule has 51 heavy (non-hydrogen) atoms. The Morgan fingerprint density at radius 2 is 0.882 bits per heavy atom. The molecule has 0 bridgehead atoms. The summed E-state index contributed by atoms with van der Waals surface area (Å²) in [6, 6.07) is 52.9. The third-order valence-corrected chi connectivity index (χ3v) is 8.51. The molecule has 7 aromatic rings. The number of rotatable bonds is 10. The molecule has 0 amide bonds. The van der Waals surface area contributed by atoms with Gasteiger partial charge in [-0.2, -0.15) is 0 Å². The number of esters is 2. The van der Waals surface area contributed by atoms with Crippen molar-refractivity contribution in [2.24, 2.45) is 0 Å². The summed E-state index contributed by atoms with van der Waals surface area (Å²) in [5.74, 6) is -0.0906. The van der Waals surface area contributed by atoms with Gasteiger partial charge < -0.3 is 14.4 Å². The third-order valence-electron chi connectivity index (χ3n) is 8.51. The number of ether oxygens (including phenoxy) is 2. The van der Waals surface area contributed by atoms with Crippen LogP contribution in [-0.2, 0) is 9.59 Å². The molecule has 0 N–H and O–H groups in total. The number of carbonyl (C=O) groups excluding carboxylic acids is 2. The molecule has 0 aliphatic heterocycles. The van der Waals surface area contributed by atoms with E-state index in [9.17, 15) is 9.59 Å². The minimum Gasteiger partial charge on any atom is -0.423 e. The van der Waals surface area contributed by atoms with Crippen molar-refractivity contribution in [1.29, 1.82) is 0 Å². The first-order valence-electron chi connectivity index (χ1n) is 16.5. The van der Waals surface area contributed by atoms with Gasteiger partial charge in [0, 0.05) is 29.2 Å². The third kappa shape index (κ3) is 7.38. The molecule has 0 spiro atoms. The number of benzene rings is 7. The highest BCUT2D eigenvalue weighted by molar-refractivity contribution is 5.95. The molecule has 7 rings (SSSR count). The maximum atomic E-state index is 11.8. The molecule has 0 aromatic heterocycles. The number of anilines is 3. The summed E-state index contributed by atoms with van der Waals surface area (Å²) in [5, 5.41) is 3.84. The first-order chi connectivity index (χ1) is 25.0. The van der Waals surface area contributed by atoms with Crippen molar-refractivity contribution in [2.75, 3.05) is 4.90 Å². The Morgan fingerprint density at radius 1 is 0.471 bits per heavy atom. The highest BCUT2D eigenvalue weighted by Gasteiger charge is 2.15. The zero-order valence-electron chi connectivity index (χ0n) is 27.7. The first kappa shape index (κ1) is 32.6. The van der Waals surface area contributed by atoms with Gasteiger partial charge in [0.15, 0.2) is 0 Å². The normalized spacial score (nSPS) is 10.7. The predicted octanol–water partition coefficient (Wildman–Crippen LogP) is 11.2. The largest absolute Gasteiger partial charge is 0.423 e. The van der Waals surface area contributed by atoms with Crippen molar-refractivity contribution in [2.45, 2.75) is 0 Å². The molecule has 0 saturated heterocycles. The topological polar surface area (TPSA) is 55.8 Å². The van der Waals surface area contributed by atoms with Crippen LogP contribution in [0, 0.1) is 0 Å². The van der Waals surface area contributed by atoms with Crippen LogP contribution in [-0.4, -0.2) is 11.9 Å². The van der Waals surface area contributed by atoms with Gasteiger partial charge in [-0.1, -0.05) is 110 Å². The van der Waals surface area contributed by atoms with E-state index in [1.165, 1.54) is 0 Å². The SMILES string of the molecule is C=CC(=O)Oc1ccc2cc(N(c3ccc(C=C(c4ccccc4)c4ccccc4)cc3)c3ccc4cc(OC(=O)C=C)ccc4c3)ccc2c1. The molecule has 5 nitrogen and oxygen atoms in total. The predicted molar refractivity (Wildman–Crippen MR) is 208 cm³/mol. The Bertz CT molecular complexity index is 2280. The van der Waals surface area contributed by atoms with Crippen molar-refractivity contribution in [3.8, 4) is 11.5 Å². The van der Waals surface area contributed by atoms with E-state index < -0.39 is 11.9 Å². The quantitative estimate of drug-likeness (QED) is 0.0631. The van der Waals surface area contributed by atoms with E-state index in [1.807, 2.05) is 48.5 Å². The number of fused-ring (bicyclic) bond motifs is 2. The number of nitrogens with zero attached hydrogens (tertiary/aromatic N) is 1. The number of hydrogen-bond acceptors (Lipinski definition) is 5. The van der Waals surface area contributed by atoms with Gasteiger partial charge in [-0.25, -0.2) is 9.59 Å². The van der Waals surface area contributed by atoms with Crippen LogP contribution in [0.5, 0.6) is 11.5 Å². The molecular formula is C46H33NO4. The number of hydrogen-bond donors (Lipinski definition) is 0. The zero-order chi connectivity index (χ0) is 35.2. The Hall–Kier alpha value is -6.98. The van der Waals surface area contributed by atoms with Crippen LogP contribution in [0.15, 0.2) is 183 Å².